The summed E-state index contributed by atoms with van der Waals surface area (Å²) in [5.41, 5.74) is 6.29. The molecular weight excluding hydrogens is 202 g/mol. The first-order valence-corrected chi connectivity index (χ1v) is 4.93. The molecule has 76 valence electrons. The lowest BCUT2D eigenvalue weighted by Crippen LogP contribution is -2.15. The second-order valence-corrected chi connectivity index (χ2v) is 3.70. The molecule has 1 atom stereocenters. The van der Waals surface area contributed by atoms with Crippen LogP contribution in [0.15, 0.2) is 18.2 Å². The van der Waals surface area contributed by atoms with Gasteiger partial charge in [0.1, 0.15) is 11.9 Å². The van der Waals surface area contributed by atoms with Crippen LogP contribution in [0.2, 0.25) is 5.02 Å². The van der Waals surface area contributed by atoms with Crippen LogP contribution in [0.25, 0.3) is 0 Å². The van der Waals surface area contributed by atoms with Crippen LogP contribution in [-0.4, -0.2) is 19.3 Å². The number of halogens is 1. The standard InChI is InChI=1S/C10H12ClNO2/c11-9-2-1-7(12)5-10(9)14-8-3-4-13-6-8/h1-2,5,8H,3-4,6,12H2/t8-/m1/s1. The Morgan fingerprint density at radius 1 is 1.50 bits per heavy atom. The number of ether oxygens (including phenoxy) is 2. The van der Waals surface area contributed by atoms with Crippen molar-refractivity contribution in [2.24, 2.45) is 0 Å². The summed E-state index contributed by atoms with van der Waals surface area (Å²) >= 11 is 5.95. The van der Waals surface area contributed by atoms with Gasteiger partial charge in [-0.3, -0.25) is 0 Å². The van der Waals surface area contributed by atoms with Gasteiger partial charge in [0.2, 0.25) is 0 Å². The van der Waals surface area contributed by atoms with Gasteiger partial charge >= 0.3 is 0 Å². The van der Waals surface area contributed by atoms with E-state index in [1.807, 2.05) is 0 Å². The van der Waals surface area contributed by atoms with Gasteiger partial charge in [0.05, 0.1) is 18.2 Å². The molecule has 1 fully saturated rings. The Labute approximate surface area is 87.8 Å². The minimum atomic E-state index is 0.106. The van der Waals surface area contributed by atoms with Crippen LogP contribution >= 0.6 is 11.6 Å². The second-order valence-electron chi connectivity index (χ2n) is 3.29. The van der Waals surface area contributed by atoms with Crippen LogP contribution < -0.4 is 10.5 Å². The molecule has 0 aliphatic carbocycles. The highest BCUT2D eigenvalue weighted by atomic mass is 35.5. The minimum Gasteiger partial charge on any atom is -0.486 e. The van der Waals surface area contributed by atoms with E-state index in [-0.39, 0.29) is 6.10 Å². The van der Waals surface area contributed by atoms with Crippen molar-refractivity contribution in [1.29, 1.82) is 0 Å². The Balaban J connectivity index is 2.10. The van der Waals surface area contributed by atoms with Crippen molar-refractivity contribution in [3.05, 3.63) is 23.2 Å². The van der Waals surface area contributed by atoms with E-state index in [1.165, 1.54) is 0 Å². The number of nitrogens with two attached hydrogens (primary N) is 1. The van der Waals surface area contributed by atoms with E-state index in [4.69, 9.17) is 26.8 Å². The summed E-state index contributed by atoms with van der Waals surface area (Å²) in [7, 11) is 0. The molecule has 2 N–H and O–H groups in total. The molecule has 0 saturated carbocycles. The van der Waals surface area contributed by atoms with Crippen molar-refractivity contribution in [3.8, 4) is 5.75 Å². The molecule has 0 radical (unpaired) electrons. The molecule has 1 aromatic carbocycles. The van der Waals surface area contributed by atoms with Crippen molar-refractivity contribution in [2.45, 2.75) is 12.5 Å². The summed E-state index contributed by atoms with van der Waals surface area (Å²) in [4.78, 5) is 0. The zero-order valence-corrected chi connectivity index (χ0v) is 8.46. The van der Waals surface area contributed by atoms with E-state index in [9.17, 15) is 0 Å². The molecule has 0 aromatic heterocycles. The van der Waals surface area contributed by atoms with Crippen LogP contribution in [-0.2, 0) is 4.74 Å². The third-order valence-electron chi connectivity index (χ3n) is 2.14. The Morgan fingerprint density at radius 2 is 2.36 bits per heavy atom. The van der Waals surface area contributed by atoms with Crippen LogP contribution in [0.1, 0.15) is 6.42 Å². The summed E-state index contributed by atoms with van der Waals surface area (Å²) in [6, 6.07) is 5.23. The smallest absolute Gasteiger partial charge is 0.140 e. The van der Waals surface area contributed by atoms with E-state index in [1.54, 1.807) is 18.2 Å². The van der Waals surface area contributed by atoms with Gasteiger partial charge in [-0.05, 0) is 12.1 Å². The number of rotatable bonds is 2. The van der Waals surface area contributed by atoms with Crippen molar-refractivity contribution >= 4 is 17.3 Å². The van der Waals surface area contributed by atoms with E-state index in [0.29, 0.717) is 23.1 Å². The van der Waals surface area contributed by atoms with Gasteiger partial charge in [-0.1, -0.05) is 11.6 Å². The van der Waals surface area contributed by atoms with Crippen LogP contribution in [0.4, 0.5) is 5.69 Å². The molecule has 0 spiro atoms. The molecule has 1 aromatic rings. The quantitative estimate of drug-likeness (QED) is 0.766. The molecule has 1 aliphatic rings. The van der Waals surface area contributed by atoms with Gasteiger partial charge in [-0.2, -0.15) is 0 Å². The first-order chi connectivity index (χ1) is 6.75. The summed E-state index contributed by atoms with van der Waals surface area (Å²) in [5, 5.41) is 0.589. The van der Waals surface area contributed by atoms with E-state index >= 15 is 0 Å². The summed E-state index contributed by atoms with van der Waals surface area (Å²) < 4.78 is 10.9. The zero-order chi connectivity index (χ0) is 9.97. The summed E-state index contributed by atoms with van der Waals surface area (Å²) in [6.45, 7) is 1.38. The fraction of sp³-hybridized carbons (Fsp3) is 0.400. The van der Waals surface area contributed by atoms with Gasteiger partial charge in [-0.25, -0.2) is 0 Å². The highest BCUT2D eigenvalue weighted by Crippen LogP contribution is 2.28. The molecule has 3 nitrogen and oxygen atoms in total. The number of anilines is 1. The lowest BCUT2D eigenvalue weighted by molar-refractivity contribution is 0.141. The number of hydrogen-bond acceptors (Lipinski definition) is 3. The number of benzene rings is 1. The van der Waals surface area contributed by atoms with Crippen molar-refractivity contribution in [1.82, 2.24) is 0 Å². The monoisotopic (exact) mass is 213 g/mol. The third kappa shape index (κ3) is 2.11. The van der Waals surface area contributed by atoms with Crippen LogP contribution in [0.3, 0.4) is 0 Å². The van der Waals surface area contributed by atoms with E-state index in [2.05, 4.69) is 0 Å². The van der Waals surface area contributed by atoms with Gasteiger partial charge in [0, 0.05) is 18.2 Å². The molecule has 0 amide bonds. The van der Waals surface area contributed by atoms with E-state index in [0.717, 1.165) is 13.0 Å². The molecular formula is C10H12ClNO2. The van der Waals surface area contributed by atoms with Crippen LogP contribution in [0, 0.1) is 0 Å². The highest BCUT2D eigenvalue weighted by molar-refractivity contribution is 6.32. The molecule has 1 saturated heterocycles. The fourth-order valence-corrected chi connectivity index (χ4v) is 1.56. The molecule has 4 heteroatoms. The zero-order valence-electron chi connectivity index (χ0n) is 7.70. The van der Waals surface area contributed by atoms with Crippen LogP contribution in [0.5, 0.6) is 5.75 Å². The Hall–Kier alpha value is -0.930. The Kier molecular flexibility index (Phi) is 2.79. The first kappa shape index (κ1) is 9.62. The second kappa shape index (κ2) is 4.07. The molecule has 1 aliphatic heterocycles. The first-order valence-electron chi connectivity index (χ1n) is 4.55. The average molecular weight is 214 g/mol. The number of hydrogen-bond donors (Lipinski definition) is 1. The largest absolute Gasteiger partial charge is 0.486 e. The third-order valence-corrected chi connectivity index (χ3v) is 2.45. The Morgan fingerprint density at radius 3 is 3.07 bits per heavy atom. The molecule has 14 heavy (non-hydrogen) atoms. The molecule has 2 rings (SSSR count). The predicted octanol–water partition coefficient (Wildman–Crippen LogP) is 2.09. The maximum absolute atomic E-state index is 5.95. The SMILES string of the molecule is Nc1ccc(Cl)c(O[C@@H]2CCOC2)c1. The fourth-order valence-electron chi connectivity index (χ4n) is 1.40. The van der Waals surface area contributed by atoms with Crippen molar-refractivity contribution in [2.75, 3.05) is 18.9 Å². The summed E-state index contributed by atoms with van der Waals surface area (Å²) in [6.07, 6.45) is 1.01. The lowest BCUT2D eigenvalue weighted by atomic mass is 10.3. The highest BCUT2D eigenvalue weighted by Gasteiger charge is 2.18. The van der Waals surface area contributed by atoms with Gasteiger partial charge < -0.3 is 15.2 Å². The van der Waals surface area contributed by atoms with E-state index < -0.39 is 0 Å². The van der Waals surface area contributed by atoms with Gasteiger partial charge in [0.25, 0.3) is 0 Å². The van der Waals surface area contributed by atoms with Gasteiger partial charge in [-0.15, -0.1) is 0 Å². The lowest BCUT2D eigenvalue weighted by Gasteiger charge is -2.13. The van der Waals surface area contributed by atoms with Crippen molar-refractivity contribution in [3.63, 3.8) is 0 Å². The normalized spacial score (nSPS) is 21.1. The molecule has 1 heterocycles. The average Bonchev–Trinajstić information content (AvgIpc) is 2.64. The topological polar surface area (TPSA) is 44.5 Å². The minimum absolute atomic E-state index is 0.106. The predicted molar refractivity (Wildman–Crippen MR) is 55.7 cm³/mol. The summed E-state index contributed by atoms with van der Waals surface area (Å²) in [5.74, 6) is 0.641. The number of nitrogen functional groups attached to an aromatic ring is 1. The maximum atomic E-state index is 5.95. The van der Waals surface area contributed by atoms with Crippen molar-refractivity contribution < 1.29 is 9.47 Å². The molecule has 0 bridgehead atoms. The maximum Gasteiger partial charge on any atom is 0.140 e. The van der Waals surface area contributed by atoms with Gasteiger partial charge in [0.15, 0.2) is 0 Å². The Bertz CT molecular complexity index is 324. The molecule has 0 unspecified atom stereocenters.